The first-order chi connectivity index (χ1) is 12.3. The van der Waals surface area contributed by atoms with Gasteiger partial charge in [-0.15, -0.1) is 5.10 Å². The van der Waals surface area contributed by atoms with Crippen molar-refractivity contribution in [2.75, 3.05) is 0 Å². The second-order valence-corrected chi connectivity index (χ2v) is 7.25. The van der Waals surface area contributed by atoms with Crippen LogP contribution in [-0.4, -0.2) is 20.9 Å². The molecule has 0 atom stereocenters. The third-order valence-electron chi connectivity index (χ3n) is 4.13. The standard InChI is InChI=1S/C20H23N5O/c1-14(13-25-18-8-6-5-7-17(18)22-24-25)21-23-19(26)15-9-11-16(12-10-15)20(2,3)4/h5-12,21H,1,13H2,2-4H3,(H,23,26). The average Bonchev–Trinajstić information content (AvgIpc) is 3.02. The number of carbonyl (C=O) groups excluding carboxylic acids is 1. The van der Waals surface area contributed by atoms with E-state index in [4.69, 9.17) is 0 Å². The zero-order chi connectivity index (χ0) is 18.7. The quantitative estimate of drug-likeness (QED) is 0.694. The minimum atomic E-state index is -0.213. The van der Waals surface area contributed by atoms with E-state index in [9.17, 15) is 4.79 Å². The molecule has 26 heavy (non-hydrogen) atoms. The highest BCUT2D eigenvalue weighted by Crippen LogP contribution is 2.22. The van der Waals surface area contributed by atoms with E-state index in [1.807, 2.05) is 48.5 Å². The Morgan fingerprint density at radius 1 is 1.08 bits per heavy atom. The van der Waals surface area contributed by atoms with Gasteiger partial charge in [-0.3, -0.25) is 10.2 Å². The summed E-state index contributed by atoms with van der Waals surface area (Å²) >= 11 is 0. The number of nitrogens with one attached hydrogen (secondary N) is 2. The lowest BCUT2D eigenvalue weighted by Gasteiger charge is -2.19. The number of rotatable bonds is 5. The Kier molecular flexibility index (Phi) is 4.75. The van der Waals surface area contributed by atoms with E-state index in [2.05, 4.69) is 48.5 Å². The highest BCUT2D eigenvalue weighted by Gasteiger charge is 2.14. The smallest absolute Gasteiger partial charge is 0.269 e. The summed E-state index contributed by atoms with van der Waals surface area (Å²) in [4.78, 5) is 12.3. The maximum atomic E-state index is 12.3. The fraction of sp³-hybridized carbons (Fsp3) is 0.250. The SMILES string of the molecule is C=C(Cn1nnc2ccccc21)NNC(=O)c1ccc(C(C)(C)C)cc1. The Bertz CT molecular complexity index is 935. The third kappa shape index (κ3) is 3.91. The largest absolute Gasteiger partial charge is 0.301 e. The van der Waals surface area contributed by atoms with Crippen LogP contribution in [0.1, 0.15) is 36.7 Å². The molecule has 1 aromatic heterocycles. The highest BCUT2D eigenvalue weighted by molar-refractivity contribution is 5.93. The molecular weight excluding hydrogens is 326 g/mol. The third-order valence-corrected chi connectivity index (χ3v) is 4.13. The number of aromatic nitrogens is 3. The predicted molar refractivity (Wildman–Crippen MR) is 102 cm³/mol. The predicted octanol–water partition coefficient (Wildman–Crippen LogP) is 3.18. The summed E-state index contributed by atoms with van der Waals surface area (Å²) in [7, 11) is 0. The second kappa shape index (κ2) is 7.00. The molecule has 0 radical (unpaired) electrons. The van der Waals surface area contributed by atoms with Crippen LogP contribution in [0, 0.1) is 0 Å². The lowest BCUT2D eigenvalue weighted by atomic mass is 9.87. The van der Waals surface area contributed by atoms with Crippen LogP contribution in [0.25, 0.3) is 11.0 Å². The summed E-state index contributed by atoms with van der Waals surface area (Å²) in [5.41, 5.74) is 9.69. The molecule has 0 aliphatic rings. The number of amides is 1. The number of carbonyl (C=O) groups is 1. The molecule has 0 bridgehead atoms. The van der Waals surface area contributed by atoms with E-state index in [0.29, 0.717) is 17.8 Å². The summed E-state index contributed by atoms with van der Waals surface area (Å²) < 4.78 is 1.73. The van der Waals surface area contributed by atoms with Crippen LogP contribution in [0.2, 0.25) is 0 Å². The van der Waals surface area contributed by atoms with Crippen molar-refractivity contribution in [3.63, 3.8) is 0 Å². The molecule has 0 unspecified atom stereocenters. The van der Waals surface area contributed by atoms with Gasteiger partial charge in [-0.2, -0.15) is 0 Å². The van der Waals surface area contributed by atoms with E-state index >= 15 is 0 Å². The summed E-state index contributed by atoms with van der Waals surface area (Å²) in [6.07, 6.45) is 0. The first-order valence-electron chi connectivity index (χ1n) is 8.47. The van der Waals surface area contributed by atoms with Crippen LogP contribution in [0.4, 0.5) is 0 Å². The van der Waals surface area contributed by atoms with E-state index < -0.39 is 0 Å². The number of allylic oxidation sites excluding steroid dienone is 1. The zero-order valence-corrected chi connectivity index (χ0v) is 15.3. The van der Waals surface area contributed by atoms with Crippen molar-refractivity contribution in [3.05, 3.63) is 71.9 Å². The fourth-order valence-corrected chi connectivity index (χ4v) is 2.59. The Labute approximate surface area is 152 Å². The molecule has 0 saturated carbocycles. The van der Waals surface area contributed by atoms with Gasteiger partial charge in [-0.1, -0.05) is 56.8 Å². The van der Waals surface area contributed by atoms with Gasteiger partial charge < -0.3 is 5.43 Å². The van der Waals surface area contributed by atoms with Gasteiger partial charge in [0.05, 0.1) is 12.1 Å². The van der Waals surface area contributed by atoms with Crippen LogP contribution in [0.3, 0.4) is 0 Å². The maximum absolute atomic E-state index is 12.3. The topological polar surface area (TPSA) is 71.8 Å². The van der Waals surface area contributed by atoms with Gasteiger partial charge >= 0.3 is 0 Å². The number of hydrogen-bond acceptors (Lipinski definition) is 4. The van der Waals surface area contributed by atoms with Crippen molar-refractivity contribution >= 4 is 16.9 Å². The second-order valence-electron chi connectivity index (χ2n) is 7.25. The Morgan fingerprint density at radius 3 is 2.46 bits per heavy atom. The summed E-state index contributed by atoms with van der Waals surface area (Å²) in [6, 6.07) is 15.3. The molecule has 0 aliphatic heterocycles. The minimum absolute atomic E-state index is 0.0577. The molecule has 6 heteroatoms. The van der Waals surface area contributed by atoms with Crippen molar-refractivity contribution in [2.45, 2.75) is 32.7 Å². The zero-order valence-electron chi connectivity index (χ0n) is 15.3. The van der Waals surface area contributed by atoms with E-state index in [1.165, 1.54) is 5.56 Å². The van der Waals surface area contributed by atoms with Gasteiger partial charge in [0.25, 0.3) is 5.91 Å². The molecule has 3 rings (SSSR count). The van der Waals surface area contributed by atoms with Crippen LogP contribution < -0.4 is 10.9 Å². The Hall–Kier alpha value is -3.15. The summed E-state index contributed by atoms with van der Waals surface area (Å²) in [5.74, 6) is -0.213. The van der Waals surface area contributed by atoms with Crippen molar-refractivity contribution in [3.8, 4) is 0 Å². The normalized spacial score (nSPS) is 11.3. The number of para-hydroxylation sites is 1. The van der Waals surface area contributed by atoms with Crippen LogP contribution >= 0.6 is 0 Å². The molecule has 1 heterocycles. The van der Waals surface area contributed by atoms with Gasteiger partial charge in [0, 0.05) is 11.3 Å². The Morgan fingerprint density at radius 2 is 1.77 bits per heavy atom. The van der Waals surface area contributed by atoms with Gasteiger partial charge in [0.1, 0.15) is 5.52 Å². The summed E-state index contributed by atoms with van der Waals surface area (Å²) in [6.45, 7) is 10.8. The molecule has 0 spiro atoms. The minimum Gasteiger partial charge on any atom is -0.301 e. The monoisotopic (exact) mass is 349 g/mol. The molecule has 134 valence electrons. The lowest BCUT2D eigenvalue weighted by Crippen LogP contribution is -2.37. The number of fused-ring (bicyclic) bond motifs is 1. The van der Waals surface area contributed by atoms with Gasteiger partial charge in [0.15, 0.2) is 0 Å². The van der Waals surface area contributed by atoms with Gasteiger partial charge in [0.2, 0.25) is 0 Å². The van der Waals surface area contributed by atoms with Crippen molar-refractivity contribution in [1.82, 2.24) is 25.8 Å². The maximum Gasteiger partial charge on any atom is 0.269 e. The van der Waals surface area contributed by atoms with E-state index in [-0.39, 0.29) is 11.3 Å². The van der Waals surface area contributed by atoms with E-state index in [1.54, 1.807) is 4.68 Å². The number of benzene rings is 2. The fourth-order valence-electron chi connectivity index (χ4n) is 2.59. The molecule has 1 amide bonds. The molecule has 2 N–H and O–H groups in total. The van der Waals surface area contributed by atoms with Crippen LogP contribution in [0.15, 0.2) is 60.8 Å². The number of hydrazine groups is 1. The lowest BCUT2D eigenvalue weighted by molar-refractivity contribution is 0.0938. The molecule has 6 nitrogen and oxygen atoms in total. The molecule has 0 saturated heterocycles. The number of hydrogen-bond donors (Lipinski definition) is 2. The molecule has 3 aromatic rings. The summed E-state index contributed by atoms with van der Waals surface area (Å²) in [5, 5.41) is 8.21. The molecule has 0 aliphatic carbocycles. The molecular formula is C20H23N5O. The van der Waals surface area contributed by atoms with Crippen molar-refractivity contribution < 1.29 is 4.79 Å². The van der Waals surface area contributed by atoms with Crippen molar-refractivity contribution in [2.24, 2.45) is 0 Å². The molecule has 2 aromatic carbocycles. The first-order valence-corrected chi connectivity index (χ1v) is 8.47. The average molecular weight is 349 g/mol. The Balaban J connectivity index is 1.58. The van der Waals surface area contributed by atoms with Crippen LogP contribution in [-0.2, 0) is 12.0 Å². The highest BCUT2D eigenvalue weighted by atomic mass is 16.2. The molecule has 0 fully saturated rings. The van der Waals surface area contributed by atoms with Crippen LogP contribution in [0.5, 0.6) is 0 Å². The van der Waals surface area contributed by atoms with Gasteiger partial charge in [-0.05, 0) is 35.2 Å². The number of nitrogens with zero attached hydrogens (tertiary/aromatic N) is 3. The van der Waals surface area contributed by atoms with E-state index in [0.717, 1.165) is 11.0 Å². The van der Waals surface area contributed by atoms with Crippen molar-refractivity contribution in [1.29, 1.82) is 0 Å². The van der Waals surface area contributed by atoms with Gasteiger partial charge in [-0.25, -0.2) is 4.68 Å². The first kappa shape index (κ1) is 17.7.